The SMILES string of the molecule is O=C(O)C(F)(F)F.O=C(O)CC[n+]1ccc(C(=O)NCCO)cn1. The molecule has 12 heteroatoms. The van der Waals surface area contributed by atoms with Gasteiger partial charge in [0, 0.05) is 12.6 Å². The van der Waals surface area contributed by atoms with Crippen molar-refractivity contribution in [2.45, 2.75) is 19.1 Å². The van der Waals surface area contributed by atoms with Crippen molar-refractivity contribution in [3.05, 3.63) is 24.0 Å². The molecule has 0 aliphatic rings. The third kappa shape index (κ3) is 9.30. The van der Waals surface area contributed by atoms with Gasteiger partial charge >= 0.3 is 18.1 Å². The number of carbonyl (C=O) groups excluding carboxylic acids is 1. The summed E-state index contributed by atoms with van der Waals surface area (Å²) in [4.78, 5) is 30.6. The molecule has 0 atom stereocenters. The molecule has 0 unspecified atom stereocenters. The van der Waals surface area contributed by atoms with E-state index in [9.17, 15) is 22.8 Å². The molecule has 0 aromatic carbocycles. The largest absolute Gasteiger partial charge is 0.490 e. The van der Waals surface area contributed by atoms with Crippen LogP contribution >= 0.6 is 0 Å². The second-order valence-corrected chi connectivity index (χ2v) is 4.10. The van der Waals surface area contributed by atoms with Gasteiger partial charge in [-0.3, -0.25) is 9.59 Å². The molecule has 0 saturated heterocycles. The van der Waals surface area contributed by atoms with Gasteiger partial charge in [-0.25, -0.2) is 4.79 Å². The molecule has 0 fully saturated rings. The highest BCUT2D eigenvalue weighted by atomic mass is 19.4. The van der Waals surface area contributed by atoms with Crippen LogP contribution in [0.4, 0.5) is 13.2 Å². The molecule has 0 aliphatic carbocycles. The Bertz CT molecular complexity index is 562. The van der Waals surface area contributed by atoms with Crippen LogP contribution in [0.15, 0.2) is 18.5 Å². The third-order valence-electron chi connectivity index (χ3n) is 2.23. The monoisotopic (exact) mass is 354 g/mol. The van der Waals surface area contributed by atoms with E-state index in [1.165, 1.54) is 17.1 Å². The number of hydrogen-bond donors (Lipinski definition) is 4. The summed E-state index contributed by atoms with van der Waals surface area (Å²) in [6.07, 6.45) is -2.21. The van der Waals surface area contributed by atoms with Crippen molar-refractivity contribution in [1.82, 2.24) is 10.4 Å². The molecule has 24 heavy (non-hydrogen) atoms. The highest BCUT2D eigenvalue weighted by Crippen LogP contribution is 2.13. The fourth-order valence-corrected chi connectivity index (χ4v) is 1.13. The Kier molecular flexibility index (Phi) is 8.94. The van der Waals surface area contributed by atoms with E-state index in [2.05, 4.69) is 10.4 Å². The molecule has 4 N–H and O–H groups in total. The summed E-state index contributed by atoms with van der Waals surface area (Å²) >= 11 is 0. The number of nitrogens with zero attached hydrogens (tertiary/aromatic N) is 2. The minimum atomic E-state index is -5.08. The van der Waals surface area contributed by atoms with Crippen molar-refractivity contribution in [3.8, 4) is 0 Å². The fourth-order valence-electron chi connectivity index (χ4n) is 1.13. The summed E-state index contributed by atoms with van der Waals surface area (Å²) in [5.74, 6) is -3.98. The average molecular weight is 354 g/mol. The van der Waals surface area contributed by atoms with Gasteiger partial charge in [0.1, 0.15) is 12.6 Å². The first-order chi connectivity index (χ1) is 11.1. The maximum absolute atomic E-state index is 11.4. The molecule has 0 bridgehead atoms. The number of aryl methyl sites for hydroxylation is 1. The lowest BCUT2D eigenvalue weighted by Crippen LogP contribution is -2.39. The Labute approximate surface area is 133 Å². The number of alkyl halides is 3. The maximum atomic E-state index is 11.4. The van der Waals surface area contributed by atoms with Crippen LogP contribution < -0.4 is 10.00 Å². The molecule has 1 heterocycles. The van der Waals surface area contributed by atoms with Crippen LogP contribution in [0.3, 0.4) is 0 Å². The number of carbonyl (C=O) groups is 3. The first-order valence-corrected chi connectivity index (χ1v) is 6.34. The molecule has 9 nitrogen and oxygen atoms in total. The maximum Gasteiger partial charge on any atom is 0.490 e. The van der Waals surface area contributed by atoms with Crippen LogP contribution in [0.5, 0.6) is 0 Å². The zero-order valence-corrected chi connectivity index (χ0v) is 12.2. The van der Waals surface area contributed by atoms with Gasteiger partial charge in [-0.2, -0.15) is 13.2 Å². The number of aliphatic hydroxyl groups excluding tert-OH is 1. The minimum absolute atomic E-state index is 0.0201. The lowest BCUT2D eigenvalue weighted by Gasteiger charge is -2.01. The first kappa shape index (κ1) is 21.2. The Morgan fingerprint density at radius 2 is 1.83 bits per heavy atom. The molecule has 1 amide bonds. The Morgan fingerprint density at radius 1 is 1.25 bits per heavy atom. The number of carboxylic acids is 2. The number of carboxylic acid groups (broad SMARTS) is 2. The highest BCUT2D eigenvalue weighted by molar-refractivity contribution is 5.93. The van der Waals surface area contributed by atoms with E-state index < -0.39 is 18.1 Å². The van der Waals surface area contributed by atoms with Gasteiger partial charge in [0.2, 0.25) is 0 Å². The average Bonchev–Trinajstić information content (AvgIpc) is 2.50. The number of hydrogen-bond acceptors (Lipinski definition) is 5. The van der Waals surface area contributed by atoms with Crippen molar-refractivity contribution < 1.29 is 47.6 Å². The van der Waals surface area contributed by atoms with Gasteiger partial charge in [-0.1, -0.05) is 4.68 Å². The number of halogens is 3. The van der Waals surface area contributed by atoms with Crippen molar-refractivity contribution in [2.75, 3.05) is 13.2 Å². The van der Waals surface area contributed by atoms with E-state index in [-0.39, 0.29) is 32.0 Å². The summed E-state index contributed by atoms with van der Waals surface area (Å²) < 4.78 is 33.2. The highest BCUT2D eigenvalue weighted by Gasteiger charge is 2.38. The number of nitrogens with one attached hydrogen (secondary N) is 1. The van der Waals surface area contributed by atoms with Crippen LogP contribution in [0.25, 0.3) is 0 Å². The van der Waals surface area contributed by atoms with Crippen LogP contribution in [0.2, 0.25) is 0 Å². The molecule has 0 radical (unpaired) electrons. The second kappa shape index (κ2) is 10.1. The number of rotatable bonds is 6. The third-order valence-corrected chi connectivity index (χ3v) is 2.23. The second-order valence-electron chi connectivity index (χ2n) is 4.10. The molecule has 134 valence electrons. The van der Waals surface area contributed by atoms with E-state index in [1.807, 2.05) is 0 Å². The lowest BCUT2D eigenvalue weighted by atomic mass is 10.3. The zero-order chi connectivity index (χ0) is 18.8. The predicted octanol–water partition coefficient (Wildman–Crippen LogP) is -0.801. The standard InChI is InChI=1S/C10H13N3O4.C2HF3O2/c14-6-3-11-10(17)8-1-4-13(12-7-8)5-2-9(15)16;3-2(4,5)1(6)7/h1,4,7,14H,2-3,5-6H2,(H-,11,15,16,17);(H,6,7)/p+1. The summed E-state index contributed by atoms with van der Waals surface area (Å²) in [5, 5.41) is 30.5. The van der Waals surface area contributed by atoms with Gasteiger partial charge in [-0.05, 0) is 5.10 Å². The smallest absolute Gasteiger partial charge is 0.481 e. The van der Waals surface area contributed by atoms with Crippen molar-refractivity contribution in [1.29, 1.82) is 0 Å². The quantitative estimate of drug-likeness (QED) is 0.490. The zero-order valence-electron chi connectivity index (χ0n) is 12.2. The Hall–Kier alpha value is -2.76. The molecular weight excluding hydrogens is 339 g/mol. The van der Waals surface area contributed by atoms with Crippen LogP contribution in [-0.4, -0.2) is 57.6 Å². The van der Waals surface area contributed by atoms with Crippen LogP contribution in [0, 0.1) is 0 Å². The summed E-state index contributed by atoms with van der Waals surface area (Å²) in [7, 11) is 0. The van der Waals surface area contributed by atoms with Gasteiger partial charge in [0.15, 0.2) is 12.7 Å². The molecule has 0 aliphatic heterocycles. The Morgan fingerprint density at radius 3 is 2.21 bits per heavy atom. The first-order valence-electron chi connectivity index (χ1n) is 6.34. The van der Waals surface area contributed by atoms with Gasteiger partial charge < -0.3 is 20.6 Å². The van der Waals surface area contributed by atoms with Crippen molar-refractivity contribution in [3.63, 3.8) is 0 Å². The molecular formula is C12H15F3N3O6+. The van der Waals surface area contributed by atoms with Crippen molar-refractivity contribution in [2.24, 2.45) is 0 Å². The molecule has 1 aromatic rings. The predicted molar refractivity (Wildman–Crippen MR) is 69.8 cm³/mol. The van der Waals surface area contributed by atoms with Crippen LogP contribution in [0.1, 0.15) is 16.8 Å². The summed E-state index contributed by atoms with van der Waals surface area (Å²) in [5.41, 5.74) is 0.366. The van der Waals surface area contributed by atoms with E-state index >= 15 is 0 Å². The number of amides is 1. The van der Waals surface area contributed by atoms with Crippen molar-refractivity contribution >= 4 is 17.8 Å². The molecule has 1 rings (SSSR count). The Balaban J connectivity index is 0.000000640. The molecule has 1 aromatic heterocycles. The van der Waals surface area contributed by atoms with Gasteiger partial charge in [-0.15, -0.1) is 0 Å². The van der Waals surface area contributed by atoms with Crippen LogP contribution in [-0.2, 0) is 16.1 Å². The minimum Gasteiger partial charge on any atom is -0.481 e. The fraction of sp³-hybridized carbons (Fsp3) is 0.417. The number of aliphatic carboxylic acids is 2. The molecule has 0 saturated carbocycles. The van der Waals surface area contributed by atoms with Gasteiger partial charge in [0.25, 0.3) is 5.91 Å². The normalized spacial score (nSPS) is 10.3. The van der Waals surface area contributed by atoms with E-state index in [0.29, 0.717) is 5.56 Å². The van der Waals surface area contributed by atoms with E-state index in [0.717, 1.165) is 0 Å². The van der Waals surface area contributed by atoms with E-state index in [4.69, 9.17) is 20.1 Å². The lowest BCUT2D eigenvalue weighted by molar-refractivity contribution is -0.753. The summed E-state index contributed by atoms with van der Waals surface area (Å²) in [6.45, 7) is 0.325. The summed E-state index contributed by atoms with van der Waals surface area (Å²) in [6, 6.07) is 1.54. The number of aromatic nitrogens is 2. The van der Waals surface area contributed by atoms with Gasteiger partial charge in [0.05, 0.1) is 12.2 Å². The van der Waals surface area contributed by atoms with E-state index in [1.54, 1.807) is 6.07 Å². The molecule has 0 spiro atoms. The number of aliphatic hydroxyl groups is 1. The topological polar surface area (TPSA) is 141 Å².